The summed E-state index contributed by atoms with van der Waals surface area (Å²) in [7, 11) is -9.89. The van der Waals surface area contributed by atoms with Crippen molar-refractivity contribution in [2.24, 2.45) is 17.8 Å². The normalized spacial score (nSPS) is 14.4. The number of carbonyl (C=O) groups excluding carboxylic acids is 4. The van der Waals surface area contributed by atoms with Gasteiger partial charge in [-0.2, -0.15) is 0 Å². The number of phosphoric ester groups is 2. The van der Waals surface area contributed by atoms with E-state index < -0.39 is 97.5 Å². The number of hydrogen-bond acceptors (Lipinski definition) is 15. The Kier molecular flexibility index (Phi) is 54.1. The van der Waals surface area contributed by atoms with E-state index in [0.29, 0.717) is 31.6 Å². The van der Waals surface area contributed by atoms with E-state index in [4.69, 9.17) is 37.0 Å². The average Bonchev–Trinajstić information content (AvgIpc) is 3.43. The molecular formula is C64H124O17P2. The van der Waals surface area contributed by atoms with Crippen LogP contribution in [0.25, 0.3) is 0 Å². The van der Waals surface area contributed by atoms with Crippen LogP contribution in [0.15, 0.2) is 0 Å². The van der Waals surface area contributed by atoms with Crippen molar-refractivity contribution in [3.8, 4) is 0 Å². The number of phosphoric acid groups is 2. The molecular weight excluding hydrogens is 1100 g/mol. The van der Waals surface area contributed by atoms with Gasteiger partial charge in [-0.3, -0.25) is 37.3 Å². The van der Waals surface area contributed by atoms with Crippen molar-refractivity contribution in [2.75, 3.05) is 39.6 Å². The molecule has 0 aliphatic heterocycles. The molecule has 0 radical (unpaired) electrons. The van der Waals surface area contributed by atoms with Crippen LogP contribution in [-0.2, 0) is 65.4 Å². The summed E-state index contributed by atoms with van der Waals surface area (Å²) in [5, 5.41) is 10.5. The number of hydrogen-bond donors (Lipinski definition) is 3. The van der Waals surface area contributed by atoms with E-state index in [1.807, 2.05) is 0 Å². The van der Waals surface area contributed by atoms with Crippen molar-refractivity contribution in [3.63, 3.8) is 0 Å². The quantitative estimate of drug-likeness (QED) is 0.0222. The van der Waals surface area contributed by atoms with E-state index >= 15 is 0 Å². The van der Waals surface area contributed by atoms with Gasteiger partial charge in [-0.05, 0) is 43.4 Å². The summed E-state index contributed by atoms with van der Waals surface area (Å²) in [6.45, 7) is 11.6. The third kappa shape index (κ3) is 58.8. The van der Waals surface area contributed by atoms with Crippen molar-refractivity contribution in [2.45, 2.75) is 330 Å². The molecule has 5 atom stereocenters. The van der Waals surface area contributed by atoms with Crippen LogP contribution in [0.5, 0.6) is 0 Å². The van der Waals surface area contributed by atoms with Crippen molar-refractivity contribution in [3.05, 3.63) is 0 Å². The molecule has 0 aliphatic carbocycles. The summed E-state index contributed by atoms with van der Waals surface area (Å²) in [5.41, 5.74) is 0. The Bertz CT molecular complexity index is 1650. The maximum absolute atomic E-state index is 13.0. The molecule has 0 rings (SSSR count). The molecule has 19 heteroatoms. The van der Waals surface area contributed by atoms with Crippen LogP contribution in [0.3, 0.4) is 0 Å². The van der Waals surface area contributed by atoms with E-state index in [0.717, 1.165) is 108 Å². The maximum atomic E-state index is 13.0. The highest BCUT2D eigenvalue weighted by atomic mass is 31.2. The van der Waals surface area contributed by atoms with E-state index in [-0.39, 0.29) is 25.7 Å². The minimum Gasteiger partial charge on any atom is -0.462 e. The Morgan fingerprint density at radius 3 is 0.819 bits per heavy atom. The van der Waals surface area contributed by atoms with Crippen LogP contribution >= 0.6 is 15.6 Å². The van der Waals surface area contributed by atoms with Gasteiger partial charge in [0.1, 0.15) is 19.3 Å². The fourth-order valence-electron chi connectivity index (χ4n) is 9.48. The highest BCUT2D eigenvalue weighted by Crippen LogP contribution is 2.45. The number of carbonyl (C=O) groups is 4. The molecule has 2 unspecified atom stereocenters. The predicted molar refractivity (Wildman–Crippen MR) is 331 cm³/mol. The second-order valence-electron chi connectivity index (χ2n) is 24.6. The van der Waals surface area contributed by atoms with E-state index in [2.05, 4.69) is 48.5 Å². The summed E-state index contributed by atoms with van der Waals surface area (Å²) in [4.78, 5) is 72.2. The molecule has 83 heavy (non-hydrogen) atoms. The molecule has 0 heterocycles. The van der Waals surface area contributed by atoms with Gasteiger partial charge >= 0.3 is 39.5 Å². The number of aliphatic hydroxyl groups is 1. The van der Waals surface area contributed by atoms with E-state index in [1.54, 1.807) is 0 Å². The molecule has 0 aliphatic rings. The zero-order valence-corrected chi connectivity index (χ0v) is 55.4. The highest BCUT2D eigenvalue weighted by Gasteiger charge is 2.30. The van der Waals surface area contributed by atoms with Crippen molar-refractivity contribution in [1.82, 2.24) is 0 Å². The summed E-state index contributed by atoms with van der Waals surface area (Å²) in [6, 6.07) is 0. The molecule has 0 saturated heterocycles. The molecule has 492 valence electrons. The Hall–Kier alpha value is -1.94. The Morgan fingerprint density at radius 2 is 0.554 bits per heavy atom. The van der Waals surface area contributed by atoms with Crippen LogP contribution in [-0.4, -0.2) is 96.7 Å². The van der Waals surface area contributed by atoms with Gasteiger partial charge in [0.25, 0.3) is 0 Å². The average molecular weight is 1230 g/mol. The third-order valence-electron chi connectivity index (χ3n) is 14.6. The fourth-order valence-corrected chi connectivity index (χ4v) is 11.1. The molecule has 0 amide bonds. The van der Waals surface area contributed by atoms with Crippen LogP contribution in [0.4, 0.5) is 0 Å². The lowest BCUT2D eigenvalue weighted by molar-refractivity contribution is -0.161. The van der Waals surface area contributed by atoms with E-state index in [1.165, 1.54) is 116 Å². The summed E-state index contributed by atoms with van der Waals surface area (Å²) in [5.74, 6) is -0.0138. The minimum atomic E-state index is -4.94. The van der Waals surface area contributed by atoms with Crippen LogP contribution in [0, 0.1) is 17.8 Å². The van der Waals surface area contributed by atoms with Gasteiger partial charge < -0.3 is 33.8 Å². The first-order valence-corrected chi connectivity index (χ1v) is 36.3. The molecule has 0 aromatic carbocycles. The molecule has 0 fully saturated rings. The van der Waals surface area contributed by atoms with Crippen molar-refractivity contribution in [1.29, 1.82) is 0 Å². The van der Waals surface area contributed by atoms with Crippen molar-refractivity contribution >= 4 is 39.5 Å². The lowest BCUT2D eigenvalue weighted by Gasteiger charge is -2.21. The molecule has 3 N–H and O–H groups in total. The highest BCUT2D eigenvalue weighted by molar-refractivity contribution is 7.47. The first-order valence-electron chi connectivity index (χ1n) is 33.3. The lowest BCUT2D eigenvalue weighted by atomic mass is 10.0. The lowest BCUT2D eigenvalue weighted by Crippen LogP contribution is -2.30. The van der Waals surface area contributed by atoms with Crippen LogP contribution < -0.4 is 0 Å². The molecule has 17 nitrogen and oxygen atoms in total. The van der Waals surface area contributed by atoms with Gasteiger partial charge in [-0.1, -0.05) is 260 Å². The Balaban J connectivity index is 5.25. The third-order valence-corrected chi connectivity index (χ3v) is 16.5. The maximum Gasteiger partial charge on any atom is 0.472 e. The molecule has 0 saturated carbocycles. The Labute approximate surface area is 505 Å². The standard InChI is InChI=1S/C64H124O17P2/c1-8-9-10-11-12-13-14-15-16-24-33-40-47-63(68)80-59(51-74-61(66)45-38-31-23-19-17-21-28-35-42-55(2)3)53-78-82(70,71)76-49-58(65)50-77-83(72,73)79-54-60(52-75-62(67)46-39-32-27-26-30-37-44-57(6)7)81-64(69)48-41-34-25-20-18-22-29-36-43-56(4)5/h55-60,65H,8-54H2,1-7H3,(H,70,71)(H,72,73)/t58-,59-,60-/m1/s1. The Morgan fingerprint density at radius 1 is 0.325 bits per heavy atom. The van der Waals surface area contributed by atoms with Crippen molar-refractivity contribution < 1.29 is 80.2 Å². The second-order valence-corrected chi connectivity index (χ2v) is 27.5. The van der Waals surface area contributed by atoms with Crippen LogP contribution in [0.2, 0.25) is 0 Å². The number of aliphatic hydroxyl groups excluding tert-OH is 1. The predicted octanol–water partition coefficient (Wildman–Crippen LogP) is 17.5. The summed E-state index contributed by atoms with van der Waals surface area (Å²) in [6.07, 6.45) is 36.4. The van der Waals surface area contributed by atoms with Gasteiger partial charge in [-0.25, -0.2) is 9.13 Å². The largest absolute Gasteiger partial charge is 0.472 e. The van der Waals surface area contributed by atoms with Gasteiger partial charge in [0.2, 0.25) is 0 Å². The fraction of sp³-hybridized carbons (Fsp3) is 0.938. The SMILES string of the molecule is CCCCCCCCCCCCCCC(=O)O[C@H](COC(=O)CCCCCCCCCCC(C)C)COP(=O)(O)OC[C@@H](O)COP(=O)(O)OC[C@@H](COC(=O)CCCCCCCCC(C)C)OC(=O)CCCCCCCCCCC(C)C. The molecule has 0 bridgehead atoms. The minimum absolute atomic E-state index is 0.103. The smallest absolute Gasteiger partial charge is 0.462 e. The zero-order chi connectivity index (χ0) is 61.7. The first kappa shape index (κ1) is 81.1. The van der Waals surface area contributed by atoms with Gasteiger partial charge in [0.05, 0.1) is 26.4 Å². The van der Waals surface area contributed by atoms with Gasteiger partial charge in [0, 0.05) is 25.7 Å². The molecule has 0 aromatic heterocycles. The second kappa shape index (κ2) is 55.4. The van der Waals surface area contributed by atoms with E-state index in [9.17, 15) is 43.2 Å². The molecule has 0 spiro atoms. The van der Waals surface area contributed by atoms with Crippen LogP contribution in [0.1, 0.15) is 312 Å². The summed E-state index contributed by atoms with van der Waals surface area (Å²) < 4.78 is 68.0. The summed E-state index contributed by atoms with van der Waals surface area (Å²) >= 11 is 0. The zero-order valence-electron chi connectivity index (χ0n) is 53.6. The first-order chi connectivity index (χ1) is 39.7. The topological polar surface area (TPSA) is 237 Å². The van der Waals surface area contributed by atoms with Gasteiger partial charge in [0.15, 0.2) is 12.2 Å². The van der Waals surface area contributed by atoms with Gasteiger partial charge in [-0.15, -0.1) is 0 Å². The number of unbranched alkanes of at least 4 members (excludes halogenated alkanes) is 30. The monoisotopic (exact) mass is 1230 g/mol. The number of ether oxygens (including phenoxy) is 4. The number of rotatable bonds is 62. The molecule has 0 aromatic rings. The number of esters is 4.